The van der Waals surface area contributed by atoms with E-state index in [1.807, 2.05) is 6.20 Å². The number of hydrogen-bond acceptors (Lipinski definition) is 1. The van der Waals surface area contributed by atoms with Crippen molar-refractivity contribution >= 4 is 55.9 Å². The highest BCUT2D eigenvalue weighted by Gasteiger charge is 2.58. The van der Waals surface area contributed by atoms with Gasteiger partial charge in [-0.15, -0.1) is 0 Å². The van der Waals surface area contributed by atoms with Crippen LogP contribution in [0, 0.1) is 5.41 Å². The molecule has 25 heavy (non-hydrogen) atoms. The molecule has 3 rings (SSSR count). The van der Waals surface area contributed by atoms with E-state index in [2.05, 4.69) is 93.1 Å². The van der Waals surface area contributed by atoms with Crippen LogP contribution in [0.2, 0.25) is 0 Å². The van der Waals surface area contributed by atoms with Crippen LogP contribution in [0.4, 0.5) is 0 Å². The van der Waals surface area contributed by atoms with Gasteiger partial charge in [-0.05, 0) is 61.0 Å². The van der Waals surface area contributed by atoms with Crippen LogP contribution in [-0.2, 0) is 10.8 Å². The molecule has 0 bridgehead atoms. The van der Waals surface area contributed by atoms with Crippen LogP contribution in [0.5, 0.6) is 0 Å². The normalized spacial score (nSPS) is 19.6. The summed E-state index contributed by atoms with van der Waals surface area (Å²) < 4.78 is 1.02. The van der Waals surface area contributed by atoms with Gasteiger partial charge in [-0.1, -0.05) is 57.9 Å². The van der Waals surface area contributed by atoms with Crippen LogP contribution in [0.1, 0.15) is 52.7 Å². The van der Waals surface area contributed by atoms with Gasteiger partial charge in [0.05, 0.1) is 5.69 Å². The standard InChI is InChI=1S/C20H27B3BrN/c1-18(2)13-14(19(3,4)20(18,5)6)17(23)16(22)12(15(13)21)11-8-7-10(24)9-25-11/h7-9H,21-23H2,1-6H3. The molecule has 2 aromatic rings. The second-order valence-electron chi connectivity index (χ2n) is 9.24. The Labute approximate surface area is 163 Å². The Hall–Kier alpha value is -0.955. The number of halogens is 1. The maximum atomic E-state index is 4.71. The van der Waals surface area contributed by atoms with Crippen molar-refractivity contribution in [2.75, 3.05) is 0 Å². The predicted octanol–water partition coefficient (Wildman–Crippen LogP) is 0.881. The number of pyridine rings is 1. The molecule has 1 aliphatic rings. The van der Waals surface area contributed by atoms with Gasteiger partial charge in [0.15, 0.2) is 0 Å². The Balaban J connectivity index is 2.44. The minimum atomic E-state index is 0.110. The fourth-order valence-corrected chi connectivity index (χ4v) is 5.27. The van der Waals surface area contributed by atoms with Gasteiger partial charge in [-0.25, -0.2) is 0 Å². The number of rotatable bonds is 1. The molecule has 0 radical (unpaired) electrons. The number of aromatic nitrogens is 1. The lowest BCUT2D eigenvalue weighted by molar-refractivity contribution is 0.125. The van der Waals surface area contributed by atoms with Gasteiger partial charge < -0.3 is 0 Å². The molecule has 128 valence electrons. The fraction of sp³-hybridized carbons (Fsp3) is 0.450. The molecular weight excluding hydrogens is 367 g/mol. The minimum Gasteiger partial charge on any atom is -0.255 e. The van der Waals surface area contributed by atoms with Crippen LogP contribution in [0.3, 0.4) is 0 Å². The van der Waals surface area contributed by atoms with Gasteiger partial charge in [-0.3, -0.25) is 4.98 Å². The van der Waals surface area contributed by atoms with Crippen LogP contribution in [0.15, 0.2) is 22.8 Å². The number of nitrogens with zero attached hydrogens (tertiary/aromatic N) is 1. The van der Waals surface area contributed by atoms with Crippen molar-refractivity contribution in [1.82, 2.24) is 4.98 Å². The number of fused-ring (bicyclic) bond motifs is 1. The average molecular weight is 394 g/mol. The van der Waals surface area contributed by atoms with Crippen LogP contribution < -0.4 is 16.4 Å². The zero-order valence-corrected chi connectivity index (χ0v) is 18.6. The molecule has 5 heteroatoms. The molecule has 1 aliphatic carbocycles. The van der Waals surface area contributed by atoms with E-state index in [0.29, 0.717) is 0 Å². The van der Waals surface area contributed by atoms with E-state index in [0.717, 1.165) is 10.2 Å². The van der Waals surface area contributed by atoms with Gasteiger partial charge in [0.25, 0.3) is 0 Å². The molecule has 0 saturated carbocycles. The van der Waals surface area contributed by atoms with Crippen LogP contribution in [-0.4, -0.2) is 28.5 Å². The molecule has 0 amide bonds. The van der Waals surface area contributed by atoms with Crippen LogP contribution >= 0.6 is 15.9 Å². The lowest BCUT2D eigenvalue weighted by atomic mass is 9.58. The summed E-state index contributed by atoms with van der Waals surface area (Å²) in [6.45, 7) is 14.5. The summed E-state index contributed by atoms with van der Waals surface area (Å²) in [6.07, 6.45) is 1.90. The molecule has 0 atom stereocenters. The first-order valence-corrected chi connectivity index (χ1v) is 9.91. The van der Waals surface area contributed by atoms with Crippen LogP contribution in [0.25, 0.3) is 11.3 Å². The highest BCUT2D eigenvalue weighted by molar-refractivity contribution is 9.10. The van der Waals surface area contributed by atoms with E-state index in [1.54, 1.807) is 5.56 Å². The molecule has 1 nitrogen and oxygen atoms in total. The SMILES string of the molecule is Bc1c(B)c2c(c(B)c1-c1ccc(Br)cn1)C(C)(C)C(C)(C)C2(C)C. The van der Waals surface area contributed by atoms with Crippen molar-refractivity contribution in [3.8, 4) is 11.3 Å². The fourth-order valence-electron chi connectivity index (χ4n) is 5.03. The largest absolute Gasteiger partial charge is 0.255 e. The van der Waals surface area contributed by atoms with Gasteiger partial charge in [-0.2, -0.15) is 0 Å². The molecule has 0 saturated heterocycles. The Morgan fingerprint density at radius 1 is 0.800 bits per heavy atom. The summed E-state index contributed by atoms with van der Waals surface area (Å²) in [5, 5.41) is 0. The summed E-state index contributed by atoms with van der Waals surface area (Å²) in [5.74, 6) is 0. The monoisotopic (exact) mass is 393 g/mol. The van der Waals surface area contributed by atoms with Crippen molar-refractivity contribution in [2.24, 2.45) is 5.41 Å². The maximum Gasteiger partial charge on any atom is 0.140 e. The summed E-state index contributed by atoms with van der Waals surface area (Å²) in [7, 11) is 6.86. The predicted molar refractivity (Wildman–Crippen MR) is 122 cm³/mol. The zero-order chi connectivity index (χ0) is 18.9. The first-order chi connectivity index (χ1) is 11.4. The smallest absolute Gasteiger partial charge is 0.140 e. The third kappa shape index (κ3) is 2.27. The van der Waals surface area contributed by atoms with Gasteiger partial charge in [0, 0.05) is 10.7 Å². The molecule has 0 aliphatic heterocycles. The summed E-state index contributed by atoms with van der Waals surface area (Å²) in [6, 6.07) is 4.21. The van der Waals surface area contributed by atoms with E-state index < -0.39 is 0 Å². The van der Waals surface area contributed by atoms with Crippen molar-refractivity contribution in [3.63, 3.8) is 0 Å². The molecular formula is C20H27B3BrN. The Morgan fingerprint density at radius 3 is 1.80 bits per heavy atom. The molecule has 1 aromatic heterocycles. The third-order valence-corrected chi connectivity index (χ3v) is 8.14. The summed E-state index contributed by atoms with van der Waals surface area (Å²) >= 11 is 3.50. The van der Waals surface area contributed by atoms with E-state index in [9.17, 15) is 0 Å². The van der Waals surface area contributed by atoms with E-state index in [4.69, 9.17) is 4.98 Å². The summed E-state index contributed by atoms with van der Waals surface area (Å²) in [5.41, 5.74) is 10.1. The lowest BCUT2D eigenvalue weighted by Crippen LogP contribution is -2.44. The topological polar surface area (TPSA) is 12.9 Å². The second kappa shape index (κ2) is 5.52. The lowest BCUT2D eigenvalue weighted by Gasteiger charge is -2.45. The van der Waals surface area contributed by atoms with Crippen molar-refractivity contribution in [3.05, 3.63) is 33.9 Å². The second-order valence-corrected chi connectivity index (χ2v) is 10.2. The number of benzene rings is 1. The highest BCUT2D eigenvalue weighted by Crippen LogP contribution is 2.60. The van der Waals surface area contributed by atoms with Crippen molar-refractivity contribution in [2.45, 2.75) is 52.4 Å². The molecule has 0 N–H and O–H groups in total. The first-order valence-electron chi connectivity index (χ1n) is 9.12. The van der Waals surface area contributed by atoms with Crippen molar-refractivity contribution in [1.29, 1.82) is 0 Å². The maximum absolute atomic E-state index is 4.71. The molecule has 0 spiro atoms. The van der Waals surface area contributed by atoms with Gasteiger partial charge in [0.2, 0.25) is 0 Å². The Bertz CT molecular complexity index is 868. The Morgan fingerprint density at radius 2 is 1.32 bits per heavy atom. The Kier molecular flexibility index (Phi) is 4.16. The van der Waals surface area contributed by atoms with E-state index in [1.165, 1.54) is 27.5 Å². The summed E-state index contributed by atoms with van der Waals surface area (Å²) in [4.78, 5) is 4.71. The van der Waals surface area contributed by atoms with Gasteiger partial charge >= 0.3 is 0 Å². The molecule has 1 heterocycles. The zero-order valence-electron chi connectivity index (χ0n) is 17.1. The van der Waals surface area contributed by atoms with Gasteiger partial charge in [0.1, 0.15) is 23.5 Å². The highest BCUT2D eigenvalue weighted by atomic mass is 79.9. The first kappa shape index (κ1) is 18.8. The quantitative estimate of drug-likeness (QED) is 0.656. The average Bonchev–Trinajstić information content (AvgIpc) is 2.62. The number of hydrogen-bond donors (Lipinski definition) is 0. The van der Waals surface area contributed by atoms with E-state index >= 15 is 0 Å². The third-order valence-electron chi connectivity index (χ3n) is 7.67. The minimum absolute atomic E-state index is 0.110. The molecule has 0 unspecified atom stereocenters. The molecule has 0 fully saturated rings. The molecule has 1 aromatic carbocycles. The van der Waals surface area contributed by atoms with Crippen molar-refractivity contribution < 1.29 is 0 Å². The van der Waals surface area contributed by atoms with E-state index in [-0.39, 0.29) is 16.2 Å².